The molecule has 1 unspecified atom stereocenters. The molecule has 0 saturated carbocycles. The highest BCUT2D eigenvalue weighted by atomic mass is 35.5. The smallest absolute Gasteiger partial charge is 0.119 e. The van der Waals surface area contributed by atoms with Crippen LogP contribution in [-0.2, 0) is 6.42 Å². The van der Waals surface area contributed by atoms with Crippen molar-refractivity contribution in [3.05, 3.63) is 63.6 Å². The molecule has 0 amide bonds. The van der Waals surface area contributed by atoms with Crippen molar-refractivity contribution < 1.29 is 4.74 Å². The van der Waals surface area contributed by atoms with Crippen molar-refractivity contribution in [3.8, 4) is 5.75 Å². The number of nitrogens with two attached hydrogens (primary N) is 1. The monoisotopic (exact) mass is 323 g/mol. The van der Waals surface area contributed by atoms with Gasteiger partial charge in [0.15, 0.2) is 0 Å². The van der Waals surface area contributed by atoms with Gasteiger partial charge >= 0.3 is 0 Å². The highest BCUT2D eigenvalue weighted by molar-refractivity contribution is 6.36. The van der Waals surface area contributed by atoms with Crippen LogP contribution in [0.1, 0.15) is 24.0 Å². The predicted octanol–water partition coefficient (Wildman–Crippen LogP) is 4.68. The van der Waals surface area contributed by atoms with Crippen LogP contribution < -0.4 is 10.5 Å². The average molecular weight is 324 g/mol. The first-order valence-corrected chi connectivity index (χ1v) is 7.77. The van der Waals surface area contributed by atoms with Crippen molar-refractivity contribution in [1.82, 2.24) is 0 Å². The molecule has 2 aromatic rings. The van der Waals surface area contributed by atoms with Crippen molar-refractivity contribution in [2.75, 3.05) is 13.2 Å². The van der Waals surface area contributed by atoms with E-state index < -0.39 is 0 Å². The van der Waals surface area contributed by atoms with E-state index in [0.29, 0.717) is 29.6 Å². The molecule has 21 heavy (non-hydrogen) atoms. The molecular weight excluding hydrogens is 305 g/mol. The fourth-order valence-corrected chi connectivity index (χ4v) is 2.89. The summed E-state index contributed by atoms with van der Waals surface area (Å²) >= 11 is 12.5. The molecule has 1 atom stereocenters. The number of hydrogen-bond acceptors (Lipinski definition) is 2. The Bertz CT molecular complexity index is 581. The van der Waals surface area contributed by atoms with Crippen molar-refractivity contribution >= 4 is 23.2 Å². The zero-order chi connectivity index (χ0) is 15.2. The molecular formula is C17H19Cl2NO. The second kappa shape index (κ2) is 7.69. The third-order valence-electron chi connectivity index (χ3n) is 3.44. The standard InChI is InChI=1S/C17H19Cl2NO/c1-2-21-14-6-3-5-12(9-14)13(11-20)10-15-16(18)7-4-8-17(15)19/h3-9,13H,2,10-11,20H2,1H3. The van der Waals surface area contributed by atoms with Crippen LogP contribution in [0.2, 0.25) is 10.0 Å². The molecule has 0 radical (unpaired) electrons. The minimum absolute atomic E-state index is 0.155. The molecule has 0 spiro atoms. The lowest BCUT2D eigenvalue weighted by Crippen LogP contribution is -2.15. The van der Waals surface area contributed by atoms with Crippen molar-refractivity contribution in [3.63, 3.8) is 0 Å². The fraction of sp³-hybridized carbons (Fsp3) is 0.294. The summed E-state index contributed by atoms with van der Waals surface area (Å²) in [6.45, 7) is 3.14. The van der Waals surface area contributed by atoms with Gasteiger partial charge in [-0.3, -0.25) is 0 Å². The van der Waals surface area contributed by atoms with E-state index in [1.807, 2.05) is 43.3 Å². The summed E-state index contributed by atoms with van der Waals surface area (Å²) in [6.07, 6.45) is 0.713. The van der Waals surface area contributed by atoms with Gasteiger partial charge in [-0.25, -0.2) is 0 Å². The van der Waals surface area contributed by atoms with Gasteiger partial charge in [0.2, 0.25) is 0 Å². The largest absolute Gasteiger partial charge is 0.494 e. The summed E-state index contributed by atoms with van der Waals surface area (Å²) in [7, 11) is 0. The zero-order valence-corrected chi connectivity index (χ0v) is 13.5. The van der Waals surface area contributed by atoms with Crippen LogP contribution in [0, 0.1) is 0 Å². The van der Waals surface area contributed by atoms with Gasteiger partial charge < -0.3 is 10.5 Å². The normalized spacial score (nSPS) is 12.2. The number of ether oxygens (including phenoxy) is 1. The maximum absolute atomic E-state index is 6.25. The highest BCUT2D eigenvalue weighted by Gasteiger charge is 2.15. The Morgan fingerprint density at radius 2 is 1.76 bits per heavy atom. The van der Waals surface area contributed by atoms with E-state index in [2.05, 4.69) is 6.07 Å². The molecule has 0 aliphatic heterocycles. The number of rotatable bonds is 6. The minimum Gasteiger partial charge on any atom is -0.494 e. The van der Waals surface area contributed by atoms with Crippen molar-refractivity contribution in [2.24, 2.45) is 5.73 Å². The quantitative estimate of drug-likeness (QED) is 0.837. The van der Waals surface area contributed by atoms with Crippen LogP contribution in [-0.4, -0.2) is 13.2 Å². The van der Waals surface area contributed by atoms with E-state index in [1.54, 1.807) is 0 Å². The lowest BCUT2D eigenvalue weighted by atomic mass is 9.92. The highest BCUT2D eigenvalue weighted by Crippen LogP contribution is 2.31. The first kappa shape index (κ1) is 16.2. The predicted molar refractivity (Wildman–Crippen MR) is 89.6 cm³/mol. The molecule has 0 fully saturated rings. The molecule has 0 heterocycles. The molecule has 0 bridgehead atoms. The van der Waals surface area contributed by atoms with Crippen LogP contribution >= 0.6 is 23.2 Å². The van der Waals surface area contributed by atoms with Gasteiger partial charge in [-0.1, -0.05) is 41.4 Å². The number of benzene rings is 2. The Morgan fingerprint density at radius 3 is 2.38 bits per heavy atom. The Labute approximate surface area is 135 Å². The van der Waals surface area contributed by atoms with E-state index >= 15 is 0 Å². The summed E-state index contributed by atoms with van der Waals surface area (Å²) < 4.78 is 5.55. The van der Waals surface area contributed by atoms with Gasteiger partial charge in [0, 0.05) is 16.0 Å². The van der Waals surface area contributed by atoms with Crippen LogP contribution in [0.5, 0.6) is 5.75 Å². The second-order valence-corrected chi connectivity index (χ2v) is 5.66. The maximum atomic E-state index is 6.25. The number of halogens is 2. The Morgan fingerprint density at radius 1 is 1.10 bits per heavy atom. The van der Waals surface area contributed by atoms with Gasteiger partial charge in [0.1, 0.15) is 5.75 Å². The third-order valence-corrected chi connectivity index (χ3v) is 4.15. The maximum Gasteiger partial charge on any atom is 0.119 e. The van der Waals surface area contributed by atoms with Gasteiger partial charge in [0.25, 0.3) is 0 Å². The van der Waals surface area contributed by atoms with Crippen LogP contribution in [0.25, 0.3) is 0 Å². The van der Waals surface area contributed by atoms with Crippen molar-refractivity contribution in [1.29, 1.82) is 0 Å². The number of hydrogen-bond donors (Lipinski definition) is 1. The molecule has 0 aromatic heterocycles. The SMILES string of the molecule is CCOc1cccc(C(CN)Cc2c(Cl)cccc2Cl)c1. The zero-order valence-electron chi connectivity index (χ0n) is 12.0. The van der Waals surface area contributed by atoms with E-state index in [9.17, 15) is 0 Å². The Hall–Kier alpha value is -1.22. The Balaban J connectivity index is 2.26. The molecule has 112 valence electrons. The third kappa shape index (κ3) is 4.13. The summed E-state index contributed by atoms with van der Waals surface area (Å²) in [5, 5.41) is 1.36. The fourth-order valence-electron chi connectivity index (χ4n) is 2.34. The molecule has 2 aromatic carbocycles. The van der Waals surface area contributed by atoms with E-state index in [4.69, 9.17) is 33.7 Å². The Kier molecular flexibility index (Phi) is 5.92. The average Bonchev–Trinajstić information content (AvgIpc) is 2.48. The van der Waals surface area contributed by atoms with Gasteiger partial charge in [-0.2, -0.15) is 0 Å². The van der Waals surface area contributed by atoms with E-state index in [0.717, 1.165) is 16.9 Å². The summed E-state index contributed by atoms with van der Waals surface area (Å²) in [5.74, 6) is 1.02. The molecule has 2 N–H and O–H groups in total. The lowest BCUT2D eigenvalue weighted by Gasteiger charge is -2.18. The van der Waals surface area contributed by atoms with Gasteiger partial charge in [0.05, 0.1) is 6.61 Å². The van der Waals surface area contributed by atoms with Gasteiger partial charge in [-0.15, -0.1) is 0 Å². The molecule has 4 heteroatoms. The van der Waals surface area contributed by atoms with Crippen LogP contribution in [0.4, 0.5) is 0 Å². The summed E-state index contributed by atoms with van der Waals surface area (Å²) in [5.41, 5.74) is 8.03. The van der Waals surface area contributed by atoms with Gasteiger partial charge in [-0.05, 0) is 55.3 Å². The minimum atomic E-state index is 0.155. The molecule has 2 nitrogen and oxygen atoms in total. The molecule has 0 aliphatic carbocycles. The topological polar surface area (TPSA) is 35.2 Å². The van der Waals surface area contributed by atoms with E-state index in [1.165, 1.54) is 0 Å². The second-order valence-electron chi connectivity index (χ2n) is 4.84. The molecule has 0 saturated heterocycles. The van der Waals surface area contributed by atoms with E-state index in [-0.39, 0.29) is 5.92 Å². The van der Waals surface area contributed by atoms with Crippen LogP contribution in [0.3, 0.4) is 0 Å². The summed E-state index contributed by atoms with van der Waals surface area (Å²) in [6, 6.07) is 13.6. The molecule has 0 aliphatic rings. The summed E-state index contributed by atoms with van der Waals surface area (Å²) in [4.78, 5) is 0. The van der Waals surface area contributed by atoms with Crippen molar-refractivity contribution in [2.45, 2.75) is 19.3 Å². The lowest BCUT2D eigenvalue weighted by molar-refractivity contribution is 0.339. The van der Waals surface area contributed by atoms with Crippen LogP contribution in [0.15, 0.2) is 42.5 Å². The first-order valence-electron chi connectivity index (χ1n) is 7.01. The first-order chi connectivity index (χ1) is 10.2. The molecule has 2 rings (SSSR count).